The van der Waals surface area contributed by atoms with E-state index in [2.05, 4.69) is 18.9 Å². The van der Waals surface area contributed by atoms with E-state index >= 15 is 0 Å². The van der Waals surface area contributed by atoms with Gasteiger partial charge < -0.3 is 4.90 Å². The Morgan fingerprint density at radius 3 is 2.54 bits per heavy atom. The van der Waals surface area contributed by atoms with Crippen molar-refractivity contribution in [3.63, 3.8) is 0 Å². The van der Waals surface area contributed by atoms with Crippen LogP contribution in [0.15, 0.2) is 0 Å². The molecule has 1 saturated carbocycles. The summed E-state index contributed by atoms with van der Waals surface area (Å²) in [5.74, 6) is 1.45. The Bertz CT molecular complexity index is 159. The maximum Gasteiger partial charge on any atom is 0.0986 e. The van der Waals surface area contributed by atoms with E-state index in [4.69, 9.17) is 5.41 Å². The first kappa shape index (κ1) is 10.6. The summed E-state index contributed by atoms with van der Waals surface area (Å²) in [6, 6.07) is 0. The lowest BCUT2D eigenvalue weighted by Gasteiger charge is -2.23. The summed E-state index contributed by atoms with van der Waals surface area (Å²) in [5, 5.41) is 8.00. The van der Waals surface area contributed by atoms with Crippen molar-refractivity contribution in [2.45, 2.75) is 45.4 Å². The molecule has 1 aliphatic rings. The third kappa shape index (κ3) is 3.02. The third-order valence-corrected chi connectivity index (χ3v) is 3.00. The highest BCUT2D eigenvalue weighted by Crippen LogP contribution is 2.26. The van der Waals surface area contributed by atoms with Crippen LogP contribution in [0.25, 0.3) is 0 Å². The van der Waals surface area contributed by atoms with Gasteiger partial charge in [-0.15, -0.1) is 0 Å². The third-order valence-electron chi connectivity index (χ3n) is 3.00. The van der Waals surface area contributed by atoms with Gasteiger partial charge in [-0.05, 0) is 19.3 Å². The molecule has 0 aliphatic heterocycles. The predicted octanol–water partition coefficient (Wildman–Crippen LogP) is 2.89. The maximum atomic E-state index is 8.00. The molecule has 0 aromatic rings. The molecule has 0 amide bonds. The van der Waals surface area contributed by atoms with E-state index in [1.807, 2.05) is 0 Å². The topological polar surface area (TPSA) is 27.1 Å². The van der Waals surface area contributed by atoms with Gasteiger partial charge in [0.25, 0.3) is 0 Å². The van der Waals surface area contributed by atoms with Gasteiger partial charge in [0.2, 0.25) is 0 Å². The second-order valence-electron chi connectivity index (χ2n) is 4.14. The van der Waals surface area contributed by atoms with Crippen molar-refractivity contribution in [3.8, 4) is 0 Å². The summed E-state index contributed by atoms with van der Waals surface area (Å²) in [6.45, 7) is 3.26. The van der Waals surface area contributed by atoms with Crippen LogP contribution in [0, 0.1) is 11.3 Å². The number of nitrogens with one attached hydrogen (secondary N) is 1. The fourth-order valence-electron chi connectivity index (χ4n) is 2.03. The van der Waals surface area contributed by atoms with E-state index in [1.54, 1.807) is 0 Å². The number of nitrogens with zero attached hydrogens (tertiary/aromatic N) is 1. The zero-order valence-electron chi connectivity index (χ0n) is 8.97. The van der Waals surface area contributed by atoms with Crippen LogP contribution in [-0.4, -0.2) is 24.3 Å². The van der Waals surface area contributed by atoms with Crippen LogP contribution in [0.4, 0.5) is 0 Å². The molecule has 13 heavy (non-hydrogen) atoms. The zero-order valence-corrected chi connectivity index (χ0v) is 8.97. The van der Waals surface area contributed by atoms with Crippen LogP contribution in [0.5, 0.6) is 0 Å². The fourth-order valence-corrected chi connectivity index (χ4v) is 2.03. The zero-order chi connectivity index (χ0) is 9.68. The lowest BCUT2D eigenvalue weighted by atomic mass is 10.1. The predicted molar refractivity (Wildman–Crippen MR) is 57.2 cm³/mol. The van der Waals surface area contributed by atoms with Crippen molar-refractivity contribution < 1.29 is 0 Å². The molecule has 76 valence electrons. The molecule has 0 aromatic heterocycles. The van der Waals surface area contributed by atoms with Crippen LogP contribution in [0.1, 0.15) is 45.4 Å². The summed E-state index contributed by atoms with van der Waals surface area (Å²) < 4.78 is 0. The molecule has 0 radical (unpaired) electrons. The molecule has 0 unspecified atom stereocenters. The van der Waals surface area contributed by atoms with Crippen LogP contribution >= 0.6 is 0 Å². The second-order valence-corrected chi connectivity index (χ2v) is 4.14. The van der Waals surface area contributed by atoms with Crippen LogP contribution in [-0.2, 0) is 0 Å². The lowest BCUT2D eigenvalue weighted by molar-refractivity contribution is 0.447. The van der Waals surface area contributed by atoms with E-state index in [0.29, 0.717) is 5.92 Å². The molecule has 0 heterocycles. The fraction of sp³-hybridized carbons (Fsp3) is 0.909. The van der Waals surface area contributed by atoms with Crippen LogP contribution in [0.2, 0.25) is 0 Å². The Labute approximate surface area is 81.8 Å². The van der Waals surface area contributed by atoms with Gasteiger partial charge in [0.1, 0.15) is 0 Å². The van der Waals surface area contributed by atoms with Crippen LogP contribution in [0.3, 0.4) is 0 Å². The van der Waals surface area contributed by atoms with Gasteiger partial charge >= 0.3 is 0 Å². The van der Waals surface area contributed by atoms with Crippen molar-refractivity contribution in [1.29, 1.82) is 5.41 Å². The van der Waals surface area contributed by atoms with Gasteiger partial charge in [-0.25, -0.2) is 0 Å². The molecule has 0 atom stereocenters. The minimum absolute atomic E-state index is 0.571. The first-order valence-corrected chi connectivity index (χ1v) is 5.55. The number of hydrogen-bond acceptors (Lipinski definition) is 1. The first-order chi connectivity index (χ1) is 6.25. The molecular weight excluding hydrogens is 160 g/mol. The van der Waals surface area contributed by atoms with Gasteiger partial charge in [0, 0.05) is 19.5 Å². The maximum absolute atomic E-state index is 8.00. The van der Waals surface area contributed by atoms with E-state index < -0.39 is 0 Å². The van der Waals surface area contributed by atoms with Crippen LogP contribution < -0.4 is 0 Å². The summed E-state index contributed by atoms with van der Waals surface area (Å²) in [6.07, 6.45) is 7.59. The summed E-state index contributed by atoms with van der Waals surface area (Å²) in [5.41, 5.74) is 0. The second kappa shape index (κ2) is 5.25. The van der Waals surface area contributed by atoms with Gasteiger partial charge in [-0.2, -0.15) is 0 Å². The Morgan fingerprint density at radius 2 is 2.00 bits per heavy atom. The molecule has 1 N–H and O–H groups in total. The highest BCUT2D eigenvalue weighted by molar-refractivity contribution is 5.81. The molecular formula is C11H22N2. The van der Waals surface area contributed by atoms with Crippen molar-refractivity contribution in [2.24, 2.45) is 5.92 Å². The number of rotatable bonds is 4. The molecule has 0 spiro atoms. The average Bonchev–Trinajstić information content (AvgIpc) is 2.65. The molecule has 1 fully saturated rings. The Hall–Kier alpha value is -0.530. The largest absolute Gasteiger partial charge is 0.363 e. The van der Waals surface area contributed by atoms with Gasteiger partial charge in [0.15, 0.2) is 0 Å². The van der Waals surface area contributed by atoms with E-state index in [9.17, 15) is 0 Å². The molecule has 1 aliphatic carbocycles. The number of unbranched alkanes of at least 4 members (excludes halogenated alkanes) is 1. The molecule has 0 bridgehead atoms. The Morgan fingerprint density at radius 1 is 1.38 bits per heavy atom. The quantitative estimate of drug-likeness (QED) is 0.525. The normalized spacial score (nSPS) is 17.7. The number of hydrogen-bond donors (Lipinski definition) is 1. The highest BCUT2D eigenvalue weighted by Gasteiger charge is 2.21. The standard InChI is InChI=1S/C11H22N2/c1-3-4-9-13(2)11(12)10-7-5-6-8-10/h10,12H,3-9H2,1-2H3. The lowest BCUT2D eigenvalue weighted by Crippen LogP contribution is -2.31. The van der Waals surface area contributed by atoms with E-state index in [0.717, 1.165) is 12.4 Å². The molecule has 2 heteroatoms. The average molecular weight is 182 g/mol. The van der Waals surface area contributed by atoms with E-state index in [1.165, 1.54) is 38.5 Å². The molecule has 0 aromatic carbocycles. The van der Waals surface area contributed by atoms with Crippen molar-refractivity contribution in [1.82, 2.24) is 4.90 Å². The van der Waals surface area contributed by atoms with Crippen molar-refractivity contribution in [3.05, 3.63) is 0 Å². The van der Waals surface area contributed by atoms with Crippen molar-refractivity contribution >= 4 is 5.84 Å². The molecule has 1 rings (SSSR count). The molecule has 0 saturated heterocycles. The summed E-state index contributed by atoms with van der Waals surface area (Å²) in [7, 11) is 2.07. The first-order valence-electron chi connectivity index (χ1n) is 5.55. The minimum atomic E-state index is 0.571. The van der Waals surface area contributed by atoms with E-state index in [-0.39, 0.29) is 0 Å². The summed E-state index contributed by atoms with van der Waals surface area (Å²) in [4.78, 5) is 2.14. The van der Waals surface area contributed by atoms with Gasteiger partial charge in [-0.1, -0.05) is 26.2 Å². The minimum Gasteiger partial charge on any atom is -0.363 e. The smallest absolute Gasteiger partial charge is 0.0986 e. The molecule has 2 nitrogen and oxygen atoms in total. The summed E-state index contributed by atoms with van der Waals surface area (Å²) >= 11 is 0. The van der Waals surface area contributed by atoms with Crippen molar-refractivity contribution in [2.75, 3.05) is 13.6 Å². The highest BCUT2D eigenvalue weighted by atomic mass is 15.1. The van der Waals surface area contributed by atoms with Gasteiger partial charge in [-0.3, -0.25) is 5.41 Å². The Balaban J connectivity index is 2.28. The number of amidine groups is 1. The Kier molecular flexibility index (Phi) is 4.26. The monoisotopic (exact) mass is 182 g/mol. The SMILES string of the molecule is CCCCN(C)C(=N)C1CCCC1. The van der Waals surface area contributed by atoms with Gasteiger partial charge in [0.05, 0.1) is 5.84 Å².